The maximum atomic E-state index is 11.7. The fraction of sp³-hybridized carbons (Fsp3) is 0.585. The number of aliphatic hydroxyl groups is 5. The lowest BCUT2D eigenvalue weighted by atomic mass is 9.87. The zero-order valence-electron chi connectivity index (χ0n) is 30.3. The predicted molar refractivity (Wildman–Crippen MR) is 199 cm³/mol. The van der Waals surface area contributed by atoms with Crippen LogP contribution in [0.15, 0.2) is 71.8 Å². The molecule has 0 fully saturated rings. The molecule has 0 heterocycles. The lowest BCUT2D eigenvalue weighted by Crippen LogP contribution is -2.45. The van der Waals surface area contributed by atoms with Gasteiger partial charge in [0.2, 0.25) is 0 Å². The zero-order valence-corrected chi connectivity index (χ0v) is 30.3. The van der Waals surface area contributed by atoms with Crippen molar-refractivity contribution in [1.29, 1.82) is 0 Å². The van der Waals surface area contributed by atoms with Crippen molar-refractivity contribution in [3.05, 3.63) is 88.5 Å². The number of carbonyl (C=O) groups is 1. The Morgan fingerprint density at radius 3 is 2.30 bits per heavy atom. The van der Waals surface area contributed by atoms with Gasteiger partial charge in [0, 0.05) is 32.0 Å². The number of phenolic OH excluding ortho intramolecular Hbond substituents is 1. The Labute approximate surface area is 299 Å². The molecule has 0 aliphatic heterocycles. The summed E-state index contributed by atoms with van der Waals surface area (Å²) in [5, 5.41) is 75.5. The second-order valence-corrected chi connectivity index (χ2v) is 13.9. The van der Waals surface area contributed by atoms with Gasteiger partial charge in [-0.25, -0.2) is 0 Å². The molecule has 0 radical (unpaired) electrons. The number of allylic oxidation sites excluding steroid dienone is 2. The first kappa shape index (κ1) is 43.1. The van der Waals surface area contributed by atoms with Crippen LogP contribution in [-0.4, -0.2) is 85.3 Å². The number of hydrogen-bond donors (Lipinski definition) is 8. The molecule has 50 heavy (non-hydrogen) atoms. The highest BCUT2D eigenvalue weighted by molar-refractivity contribution is 5.66. The predicted octanol–water partition coefficient (Wildman–Crippen LogP) is 5.77. The Bertz CT molecular complexity index is 1290. The van der Waals surface area contributed by atoms with Crippen LogP contribution < -0.4 is 5.32 Å². The molecular weight excluding hydrogens is 634 g/mol. The Hall–Kier alpha value is -3.05. The van der Waals surface area contributed by atoms with E-state index < -0.39 is 30.4 Å². The van der Waals surface area contributed by atoms with Crippen molar-refractivity contribution < 1.29 is 40.5 Å². The number of rotatable bonds is 27. The molecular formula is C41H63NO8. The van der Waals surface area contributed by atoms with Crippen molar-refractivity contribution in [3.8, 4) is 5.75 Å². The summed E-state index contributed by atoms with van der Waals surface area (Å²) in [6.45, 7) is 3.57. The Morgan fingerprint density at radius 2 is 1.62 bits per heavy atom. The molecule has 9 nitrogen and oxygen atoms in total. The average Bonchev–Trinajstić information content (AvgIpc) is 3.08. The van der Waals surface area contributed by atoms with E-state index in [1.165, 1.54) is 0 Å². The van der Waals surface area contributed by atoms with Crippen LogP contribution in [0.4, 0.5) is 0 Å². The largest absolute Gasteiger partial charge is 0.508 e. The second-order valence-electron chi connectivity index (χ2n) is 13.9. The van der Waals surface area contributed by atoms with Crippen LogP contribution in [0.1, 0.15) is 108 Å². The van der Waals surface area contributed by atoms with Gasteiger partial charge in [-0.2, -0.15) is 0 Å². The first-order valence-electron chi connectivity index (χ1n) is 18.5. The molecule has 0 aliphatic carbocycles. The van der Waals surface area contributed by atoms with E-state index in [2.05, 4.69) is 24.4 Å². The number of carboxylic acid groups (broad SMARTS) is 1. The summed E-state index contributed by atoms with van der Waals surface area (Å²) in [5.74, 6) is -0.709. The van der Waals surface area contributed by atoms with Gasteiger partial charge >= 0.3 is 5.97 Å². The lowest BCUT2D eigenvalue weighted by Gasteiger charge is -2.31. The molecule has 9 heteroatoms. The molecule has 0 amide bonds. The van der Waals surface area contributed by atoms with Gasteiger partial charge in [-0.1, -0.05) is 94.0 Å². The highest BCUT2D eigenvalue weighted by Crippen LogP contribution is 2.27. The van der Waals surface area contributed by atoms with Gasteiger partial charge in [0.25, 0.3) is 0 Å². The fourth-order valence-corrected chi connectivity index (χ4v) is 6.35. The number of aromatic hydroxyl groups is 1. The summed E-state index contributed by atoms with van der Waals surface area (Å²) in [6.07, 6.45) is 11.8. The van der Waals surface area contributed by atoms with Crippen LogP contribution in [0.5, 0.6) is 5.75 Å². The van der Waals surface area contributed by atoms with E-state index in [1.54, 1.807) is 25.1 Å². The Balaban J connectivity index is 2.48. The second kappa shape index (κ2) is 24.2. The molecule has 0 saturated carbocycles. The maximum Gasteiger partial charge on any atom is 0.303 e. The highest BCUT2D eigenvalue weighted by Gasteiger charge is 2.27. The van der Waals surface area contributed by atoms with Gasteiger partial charge in [-0.05, 0) is 91.8 Å². The van der Waals surface area contributed by atoms with E-state index in [0.717, 1.165) is 72.8 Å². The number of aryl methyl sites for hydroxylation is 1. The van der Waals surface area contributed by atoms with Gasteiger partial charge in [-0.15, -0.1) is 0 Å². The minimum Gasteiger partial charge on any atom is -0.508 e. The maximum absolute atomic E-state index is 11.7. The van der Waals surface area contributed by atoms with Crippen molar-refractivity contribution in [2.45, 2.75) is 134 Å². The first-order valence-corrected chi connectivity index (χ1v) is 18.5. The normalized spacial score (nSPS) is 15.4. The SMILES string of the molecule is CCCCCC(O)C=CC(CCc1ccccc1)=C(CC(O)CO)C(CCCCCCC(=O)O)NCC(C)(O)Cc1ccc(O)cc1CCO. The molecule has 280 valence electrons. The van der Waals surface area contributed by atoms with E-state index in [9.17, 15) is 35.4 Å². The summed E-state index contributed by atoms with van der Waals surface area (Å²) in [4.78, 5) is 11.0. The number of benzene rings is 2. The number of phenols is 1. The molecule has 4 atom stereocenters. The van der Waals surface area contributed by atoms with E-state index >= 15 is 0 Å². The number of unbranched alkanes of at least 4 members (excludes halogenated alkanes) is 5. The van der Waals surface area contributed by atoms with Gasteiger partial charge < -0.3 is 41.1 Å². The summed E-state index contributed by atoms with van der Waals surface area (Å²) < 4.78 is 0. The van der Waals surface area contributed by atoms with Gasteiger partial charge in [0.15, 0.2) is 0 Å². The minimum absolute atomic E-state index is 0.0840. The molecule has 0 spiro atoms. The van der Waals surface area contributed by atoms with Crippen LogP contribution in [-0.2, 0) is 24.1 Å². The Morgan fingerprint density at radius 1 is 0.900 bits per heavy atom. The molecule has 0 saturated heterocycles. The van der Waals surface area contributed by atoms with Gasteiger partial charge in [0.1, 0.15) is 5.75 Å². The van der Waals surface area contributed by atoms with Crippen molar-refractivity contribution >= 4 is 5.97 Å². The molecule has 0 aliphatic rings. The van der Waals surface area contributed by atoms with Crippen molar-refractivity contribution in [1.82, 2.24) is 5.32 Å². The van der Waals surface area contributed by atoms with E-state index in [4.69, 9.17) is 5.11 Å². The molecule has 0 aromatic heterocycles. The third-order valence-corrected chi connectivity index (χ3v) is 9.15. The molecule has 4 unspecified atom stereocenters. The topological polar surface area (TPSA) is 171 Å². The zero-order chi connectivity index (χ0) is 36.8. The van der Waals surface area contributed by atoms with E-state index in [-0.39, 0.29) is 44.2 Å². The van der Waals surface area contributed by atoms with E-state index in [1.807, 2.05) is 30.4 Å². The van der Waals surface area contributed by atoms with Crippen LogP contribution in [0, 0.1) is 0 Å². The van der Waals surface area contributed by atoms with Gasteiger partial charge in [-0.3, -0.25) is 4.79 Å². The highest BCUT2D eigenvalue weighted by atomic mass is 16.4. The standard InChI is InChI=1S/C41H63NO8/c1-3-4-8-15-35(45)22-20-32(19-18-31-13-9-7-10-14-31)38(27-37(47)29-44)39(16-11-5-6-12-17-40(48)49)42-30-41(2,50)28-34-21-23-36(46)26-33(34)24-25-43/h7,9-10,13-14,20-23,26,35,37,39,42-47,50H,3-6,8,11-12,15-19,24-25,27-30H2,1-2H3,(H,48,49). The number of aliphatic hydroxyl groups excluding tert-OH is 4. The molecule has 8 N–H and O–H groups in total. The first-order chi connectivity index (χ1) is 24.0. The summed E-state index contributed by atoms with van der Waals surface area (Å²) in [6, 6.07) is 14.8. The van der Waals surface area contributed by atoms with Crippen molar-refractivity contribution in [2.75, 3.05) is 19.8 Å². The smallest absolute Gasteiger partial charge is 0.303 e. The van der Waals surface area contributed by atoms with Crippen LogP contribution in [0.3, 0.4) is 0 Å². The van der Waals surface area contributed by atoms with Crippen LogP contribution in [0.2, 0.25) is 0 Å². The number of nitrogens with one attached hydrogen (secondary N) is 1. The number of hydrogen-bond acceptors (Lipinski definition) is 8. The third kappa shape index (κ3) is 17.7. The fourth-order valence-electron chi connectivity index (χ4n) is 6.35. The quantitative estimate of drug-likeness (QED) is 0.0426. The van der Waals surface area contributed by atoms with Crippen LogP contribution in [0.25, 0.3) is 0 Å². The third-order valence-electron chi connectivity index (χ3n) is 9.15. The molecule has 2 aromatic carbocycles. The number of carboxylic acids is 1. The number of aliphatic carboxylic acids is 1. The lowest BCUT2D eigenvalue weighted by molar-refractivity contribution is -0.137. The molecule has 0 bridgehead atoms. The Kier molecular flexibility index (Phi) is 20.9. The van der Waals surface area contributed by atoms with Crippen molar-refractivity contribution in [3.63, 3.8) is 0 Å². The van der Waals surface area contributed by atoms with E-state index in [0.29, 0.717) is 32.1 Å². The minimum atomic E-state index is -1.21. The molecule has 2 rings (SSSR count). The average molecular weight is 698 g/mol. The monoisotopic (exact) mass is 697 g/mol. The van der Waals surface area contributed by atoms with Gasteiger partial charge in [0.05, 0.1) is 24.4 Å². The summed E-state index contributed by atoms with van der Waals surface area (Å²) in [5.41, 5.74) is 3.41. The summed E-state index contributed by atoms with van der Waals surface area (Å²) >= 11 is 0. The van der Waals surface area contributed by atoms with Crippen LogP contribution >= 0.6 is 0 Å². The van der Waals surface area contributed by atoms with Crippen molar-refractivity contribution in [2.24, 2.45) is 0 Å². The molecule has 2 aromatic rings. The summed E-state index contributed by atoms with van der Waals surface area (Å²) in [7, 11) is 0.